The first kappa shape index (κ1) is 16.3. The number of piperazine rings is 1. The van der Waals surface area contributed by atoms with Gasteiger partial charge in [-0.2, -0.15) is 0 Å². The molecular weight excluding hydrogens is 262 g/mol. The SMILES string of the molecule is CNCc1ccccc1OCCN1CCN(C)C(C)(C)C1. The molecule has 0 unspecified atom stereocenters. The van der Waals surface area contributed by atoms with E-state index in [0.29, 0.717) is 0 Å². The Labute approximate surface area is 129 Å². The van der Waals surface area contributed by atoms with E-state index in [1.54, 1.807) is 0 Å². The highest BCUT2D eigenvalue weighted by Crippen LogP contribution is 2.20. The van der Waals surface area contributed by atoms with Gasteiger partial charge in [-0.3, -0.25) is 9.80 Å². The topological polar surface area (TPSA) is 27.7 Å². The van der Waals surface area contributed by atoms with Crippen LogP contribution in [0.1, 0.15) is 19.4 Å². The van der Waals surface area contributed by atoms with Crippen LogP contribution in [0.15, 0.2) is 24.3 Å². The predicted octanol–water partition coefficient (Wildman–Crippen LogP) is 1.81. The van der Waals surface area contributed by atoms with Crippen LogP contribution >= 0.6 is 0 Å². The largest absolute Gasteiger partial charge is 0.492 e. The second-order valence-corrected chi connectivity index (χ2v) is 6.50. The summed E-state index contributed by atoms with van der Waals surface area (Å²) >= 11 is 0. The molecule has 1 aliphatic rings. The van der Waals surface area contributed by atoms with E-state index < -0.39 is 0 Å². The van der Waals surface area contributed by atoms with Gasteiger partial charge in [0.05, 0.1) is 0 Å². The van der Waals surface area contributed by atoms with Gasteiger partial charge < -0.3 is 10.1 Å². The molecule has 0 saturated carbocycles. The van der Waals surface area contributed by atoms with E-state index in [9.17, 15) is 0 Å². The standard InChI is InChI=1S/C17H29N3O/c1-17(2)14-20(10-9-19(17)4)11-12-21-16-8-6-5-7-15(16)13-18-3/h5-8,18H,9-14H2,1-4H3. The molecule has 0 aliphatic carbocycles. The van der Waals surface area contributed by atoms with Crippen LogP contribution in [0.4, 0.5) is 0 Å². The quantitative estimate of drug-likeness (QED) is 0.865. The third kappa shape index (κ3) is 4.43. The first-order valence-corrected chi connectivity index (χ1v) is 7.82. The van der Waals surface area contributed by atoms with Gasteiger partial charge in [-0.15, -0.1) is 0 Å². The molecule has 4 nitrogen and oxygen atoms in total. The molecule has 1 saturated heterocycles. The molecule has 0 radical (unpaired) electrons. The van der Waals surface area contributed by atoms with Crippen molar-refractivity contribution < 1.29 is 4.74 Å². The highest BCUT2D eigenvalue weighted by molar-refractivity contribution is 5.33. The smallest absolute Gasteiger partial charge is 0.123 e. The lowest BCUT2D eigenvalue weighted by molar-refractivity contribution is 0.0337. The van der Waals surface area contributed by atoms with Crippen molar-refractivity contribution in [1.82, 2.24) is 15.1 Å². The maximum atomic E-state index is 5.99. The lowest BCUT2D eigenvalue weighted by Gasteiger charge is -2.45. The van der Waals surface area contributed by atoms with Gasteiger partial charge in [-0.25, -0.2) is 0 Å². The average molecular weight is 291 g/mol. The Morgan fingerprint density at radius 3 is 2.71 bits per heavy atom. The lowest BCUT2D eigenvalue weighted by Crippen LogP contribution is -2.58. The third-order valence-electron chi connectivity index (χ3n) is 4.40. The van der Waals surface area contributed by atoms with Crippen LogP contribution in [0.2, 0.25) is 0 Å². The Kier molecular flexibility index (Phi) is 5.62. The number of hydrogen-bond acceptors (Lipinski definition) is 4. The van der Waals surface area contributed by atoms with Crippen molar-refractivity contribution in [3.8, 4) is 5.75 Å². The molecule has 2 rings (SSSR count). The zero-order valence-corrected chi connectivity index (χ0v) is 13.9. The van der Waals surface area contributed by atoms with Crippen molar-refractivity contribution in [1.29, 1.82) is 0 Å². The minimum absolute atomic E-state index is 0.252. The number of nitrogens with zero attached hydrogens (tertiary/aromatic N) is 2. The summed E-state index contributed by atoms with van der Waals surface area (Å²) in [6, 6.07) is 8.27. The fourth-order valence-electron chi connectivity index (χ4n) is 2.80. The first-order chi connectivity index (χ1) is 10.0. The highest BCUT2D eigenvalue weighted by atomic mass is 16.5. The number of hydrogen-bond donors (Lipinski definition) is 1. The minimum Gasteiger partial charge on any atom is -0.492 e. The molecule has 1 aromatic carbocycles. The normalized spacial score (nSPS) is 19.6. The number of benzene rings is 1. The van der Waals surface area contributed by atoms with Gasteiger partial charge in [-0.05, 0) is 34.0 Å². The van der Waals surface area contributed by atoms with Crippen LogP contribution in [-0.2, 0) is 6.54 Å². The van der Waals surface area contributed by atoms with E-state index in [2.05, 4.69) is 54.2 Å². The van der Waals surface area contributed by atoms with Gasteiger partial charge >= 0.3 is 0 Å². The van der Waals surface area contributed by atoms with Gasteiger partial charge in [0.25, 0.3) is 0 Å². The molecule has 1 fully saturated rings. The molecule has 1 aromatic rings. The summed E-state index contributed by atoms with van der Waals surface area (Å²) in [5, 5.41) is 3.18. The van der Waals surface area contributed by atoms with Gasteiger partial charge in [0.15, 0.2) is 0 Å². The summed E-state index contributed by atoms with van der Waals surface area (Å²) in [5.74, 6) is 1.00. The molecule has 0 atom stereocenters. The van der Waals surface area contributed by atoms with Crippen LogP contribution in [0, 0.1) is 0 Å². The molecule has 21 heavy (non-hydrogen) atoms. The Hall–Kier alpha value is -1.10. The zero-order chi connectivity index (χ0) is 15.3. The summed E-state index contributed by atoms with van der Waals surface area (Å²) in [6.45, 7) is 10.6. The Morgan fingerprint density at radius 2 is 2.00 bits per heavy atom. The van der Waals surface area contributed by atoms with E-state index in [1.807, 2.05) is 13.1 Å². The monoisotopic (exact) mass is 291 g/mol. The van der Waals surface area contributed by atoms with E-state index in [1.165, 1.54) is 5.56 Å². The molecule has 0 aromatic heterocycles. The van der Waals surface area contributed by atoms with Gasteiger partial charge in [-0.1, -0.05) is 18.2 Å². The predicted molar refractivity (Wildman–Crippen MR) is 87.8 cm³/mol. The maximum Gasteiger partial charge on any atom is 0.123 e. The summed E-state index contributed by atoms with van der Waals surface area (Å²) in [5.41, 5.74) is 1.47. The minimum atomic E-state index is 0.252. The number of ether oxygens (including phenoxy) is 1. The van der Waals surface area contributed by atoms with Crippen molar-refractivity contribution in [2.24, 2.45) is 0 Å². The van der Waals surface area contributed by atoms with Crippen molar-refractivity contribution >= 4 is 0 Å². The second kappa shape index (κ2) is 7.25. The van der Waals surface area contributed by atoms with Crippen molar-refractivity contribution in [3.63, 3.8) is 0 Å². The molecule has 0 bridgehead atoms. The van der Waals surface area contributed by atoms with Gasteiger partial charge in [0.2, 0.25) is 0 Å². The molecule has 1 aliphatic heterocycles. The molecule has 1 heterocycles. The summed E-state index contributed by atoms with van der Waals surface area (Å²) in [6.07, 6.45) is 0. The number of nitrogens with one attached hydrogen (secondary N) is 1. The molecular formula is C17H29N3O. The number of likely N-dealkylation sites (N-methyl/N-ethyl adjacent to an activating group) is 1. The van der Waals surface area contributed by atoms with Crippen LogP contribution < -0.4 is 10.1 Å². The first-order valence-electron chi connectivity index (χ1n) is 7.82. The van der Waals surface area contributed by atoms with E-state index in [-0.39, 0.29) is 5.54 Å². The third-order valence-corrected chi connectivity index (χ3v) is 4.40. The Bertz CT molecular complexity index is 447. The second-order valence-electron chi connectivity index (χ2n) is 6.50. The summed E-state index contributed by atoms with van der Waals surface area (Å²) in [7, 11) is 4.17. The van der Waals surface area contributed by atoms with Gasteiger partial charge in [0, 0.05) is 43.8 Å². The average Bonchev–Trinajstić information content (AvgIpc) is 2.45. The number of rotatable bonds is 6. The van der Waals surface area contributed by atoms with E-state index >= 15 is 0 Å². The zero-order valence-electron chi connectivity index (χ0n) is 13.9. The fourth-order valence-corrected chi connectivity index (χ4v) is 2.80. The molecule has 4 heteroatoms. The van der Waals surface area contributed by atoms with E-state index in [4.69, 9.17) is 4.74 Å². The summed E-state index contributed by atoms with van der Waals surface area (Å²) in [4.78, 5) is 4.94. The van der Waals surface area contributed by atoms with Crippen LogP contribution in [0.25, 0.3) is 0 Å². The molecule has 0 amide bonds. The van der Waals surface area contributed by atoms with Crippen LogP contribution in [-0.4, -0.2) is 62.2 Å². The Balaban J connectivity index is 1.82. The summed E-state index contributed by atoms with van der Waals surface area (Å²) < 4.78 is 5.99. The fraction of sp³-hybridized carbons (Fsp3) is 0.647. The van der Waals surface area contributed by atoms with Crippen molar-refractivity contribution in [2.45, 2.75) is 25.9 Å². The van der Waals surface area contributed by atoms with Crippen LogP contribution in [0.5, 0.6) is 5.75 Å². The molecule has 1 N–H and O–H groups in total. The maximum absolute atomic E-state index is 5.99. The highest BCUT2D eigenvalue weighted by Gasteiger charge is 2.30. The van der Waals surface area contributed by atoms with Crippen molar-refractivity contribution in [3.05, 3.63) is 29.8 Å². The molecule has 118 valence electrons. The molecule has 0 spiro atoms. The Morgan fingerprint density at radius 1 is 1.24 bits per heavy atom. The van der Waals surface area contributed by atoms with Crippen molar-refractivity contribution in [2.75, 3.05) is 46.9 Å². The lowest BCUT2D eigenvalue weighted by atomic mass is 10.00. The number of para-hydroxylation sites is 1. The van der Waals surface area contributed by atoms with Crippen LogP contribution in [0.3, 0.4) is 0 Å². The van der Waals surface area contributed by atoms with Gasteiger partial charge in [0.1, 0.15) is 12.4 Å². The van der Waals surface area contributed by atoms with E-state index in [0.717, 1.165) is 45.1 Å².